The highest BCUT2D eigenvalue weighted by atomic mass is 16.3. The van der Waals surface area contributed by atoms with Crippen LogP contribution in [0.25, 0.3) is 0 Å². The number of piperidine rings is 2. The second kappa shape index (κ2) is 3.56. The number of hydrogen-bond acceptors (Lipinski definition) is 3. The summed E-state index contributed by atoms with van der Waals surface area (Å²) in [5, 5.41) is 13.2. The summed E-state index contributed by atoms with van der Waals surface area (Å²) in [6.45, 7) is 3.29. The van der Waals surface area contributed by atoms with E-state index in [0.29, 0.717) is 0 Å². The van der Waals surface area contributed by atoms with Crippen LogP contribution < -0.4 is 5.32 Å². The van der Waals surface area contributed by atoms with Gasteiger partial charge in [-0.25, -0.2) is 0 Å². The number of hydrogen-bond donors (Lipinski definition) is 2. The third kappa shape index (κ3) is 2.03. The minimum atomic E-state index is -0.0762. The van der Waals surface area contributed by atoms with Gasteiger partial charge in [0.15, 0.2) is 0 Å². The predicted octanol–water partition coefficient (Wildman–Crippen LogP) is 0.195. The first-order valence-electron chi connectivity index (χ1n) is 5.32. The Morgan fingerprint density at radius 1 is 1.54 bits per heavy atom. The number of nitrogens with zero attached hydrogens (tertiary/aromatic N) is 1. The van der Waals surface area contributed by atoms with Crippen molar-refractivity contribution >= 4 is 0 Å². The average Bonchev–Trinajstić information content (AvgIpc) is 2.02. The summed E-state index contributed by atoms with van der Waals surface area (Å²) in [4.78, 5) is 2.37. The summed E-state index contributed by atoms with van der Waals surface area (Å²) in [6, 6.07) is 0. The number of likely N-dealkylation sites (N-methyl/N-ethyl adjacent to an activating group) is 1. The van der Waals surface area contributed by atoms with E-state index in [9.17, 15) is 5.11 Å². The molecule has 13 heavy (non-hydrogen) atoms. The van der Waals surface area contributed by atoms with Gasteiger partial charge in [0.2, 0.25) is 0 Å². The van der Waals surface area contributed by atoms with Crippen LogP contribution in [0.1, 0.15) is 25.7 Å². The van der Waals surface area contributed by atoms with Gasteiger partial charge in [0.05, 0.1) is 6.10 Å². The summed E-state index contributed by atoms with van der Waals surface area (Å²) < 4.78 is 0. The van der Waals surface area contributed by atoms with Gasteiger partial charge in [0.1, 0.15) is 0 Å². The van der Waals surface area contributed by atoms with Gasteiger partial charge in [-0.3, -0.25) is 0 Å². The third-order valence-electron chi connectivity index (χ3n) is 3.37. The summed E-state index contributed by atoms with van der Waals surface area (Å²) in [5.74, 6) is 0. The molecule has 2 aliphatic heterocycles. The first kappa shape index (κ1) is 9.44. The second-order valence-electron chi connectivity index (χ2n) is 4.70. The molecule has 0 aliphatic carbocycles. The van der Waals surface area contributed by atoms with Crippen molar-refractivity contribution in [1.29, 1.82) is 0 Å². The van der Waals surface area contributed by atoms with E-state index in [4.69, 9.17) is 0 Å². The molecule has 0 aromatic rings. The molecule has 2 heterocycles. The fourth-order valence-electron chi connectivity index (χ4n) is 2.80. The van der Waals surface area contributed by atoms with Crippen molar-refractivity contribution in [3.8, 4) is 0 Å². The molecular weight excluding hydrogens is 164 g/mol. The molecule has 2 saturated heterocycles. The van der Waals surface area contributed by atoms with Gasteiger partial charge in [-0.2, -0.15) is 0 Å². The smallest absolute Gasteiger partial charge is 0.0570 e. The minimum absolute atomic E-state index is 0.0762. The van der Waals surface area contributed by atoms with Crippen LogP contribution in [0.2, 0.25) is 0 Å². The SMILES string of the molecule is CN1CCCC2(CC(O)CCN2)C1. The Morgan fingerprint density at radius 3 is 3.08 bits per heavy atom. The maximum atomic E-state index is 9.65. The normalized spacial score (nSPS) is 42.5. The number of aliphatic hydroxyl groups is 1. The highest BCUT2D eigenvalue weighted by Crippen LogP contribution is 2.28. The molecule has 2 atom stereocenters. The first-order chi connectivity index (χ1) is 6.20. The lowest BCUT2D eigenvalue weighted by molar-refractivity contribution is 0.0382. The molecule has 0 amide bonds. The molecule has 2 unspecified atom stereocenters. The summed E-state index contributed by atoms with van der Waals surface area (Å²) in [5.41, 5.74) is 0.227. The van der Waals surface area contributed by atoms with E-state index in [-0.39, 0.29) is 11.6 Å². The predicted molar refractivity (Wildman–Crippen MR) is 52.7 cm³/mol. The highest BCUT2D eigenvalue weighted by molar-refractivity contribution is 4.98. The molecule has 2 fully saturated rings. The fraction of sp³-hybridized carbons (Fsp3) is 1.00. The Labute approximate surface area is 80.1 Å². The maximum absolute atomic E-state index is 9.65. The number of rotatable bonds is 0. The van der Waals surface area contributed by atoms with Crippen LogP contribution in [0.4, 0.5) is 0 Å². The van der Waals surface area contributed by atoms with Gasteiger partial charge < -0.3 is 15.3 Å². The molecule has 1 spiro atoms. The molecule has 2 N–H and O–H groups in total. The van der Waals surface area contributed by atoms with E-state index >= 15 is 0 Å². The van der Waals surface area contributed by atoms with Crippen LogP contribution in [-0.2, 0) is 0 Å². The number of likely N-dealkylation sites (tertiary alicyclic amines) is 1. The van der Waals surface area contributed by atoms with E-state index in [1.807, 2.05) is 0 Å². The maximum Gasteiger partial charge on any atom is 0.0570 e. The van der Waals surface area contributed by atoms with Gasteiger partial charge in [0.25, 0.3) is 0 Å². The topological polar surface area (TPSA) is 35.5 Å². The van der Waals surface area contributed by atoms with E-state index in [1.54, 1.807) is 0 Å². The van der Waals surface area contributed by atoms with E-state index < -0.39 is 0 Å². The van der Waals surface area contributed by atoms with Crippen LogP contribution in [0.3, 0.4) is 0 Å². The lowest BCUT2D eigenvalue weighted by Gasteiger charge is -2.46. The number of nitrogens with one attached hydrogen (secondary N) is 1. The van der Waals surface area contributed by atoms with Crippen molar-refractivity contribution in [2.24, 2.45) is 0 Å². The second-order valence-corrected chi connectivity index (χ2v) is 4.70. The molecule has 3 heteroatoms. The van der Waals surface area contributed by atoms with Crippen molar-refractivity contribution in [1.82, 2.24) is 10.2 Å². The van der Waals surface area contributed by atoms with Crippen molar-refractivity contribution in [3.63, 3.8) is 0 Å². The molecule has 2 aliphatic rings. The summed E-state index contributed by atoms with van der Waals surface area (Å²) >= 11 is 0. The molecule has 2 rings (SSSR count). The Bertz CT molecular complexity index is 164. The van der Waals surface area contributed by atoms with Crippen molar-refractivity contribution in [2.45, 2.75) is 37.3 Å². The molecule has 76 valence electrons. The summed E-state index contributed by atoms with van der Waals surface area (Å²) in [6.07, 6.45) is 4.28. The molecule has 0 bridgehead atoms. The molecule has 0 aromatic heterocycles. The van der Waals surface area contributed by atoms with Crippen LogP contribution in [-0.4, -0.2) is 48.3 Å². The largest absolute Gasteiger partial charge is 0.393 e. The van der Waals surface area contributed by atoms with Crippen LogP contribution in [0.5, 0.6) is 0 Å². The zero-order valence-electron chi connectivity index (χ0n) is 8.42. The van der Waals surface area contributed by atoms with Gasteiger partial charge in [-0.1, -0.05) is 0 Å². The quantitative estimate of drug-likeness (QED) is 0.564. The first-order valence-corrected chi connectivity index (χ1v) is 5.32. The Hall–Kier alpha value is -0.120. The van der Waals surface area contributed by atoms with E-state index in [1.165, 1.54) is 19.4 Å². The van der Waals surface area contributed by atoms with Crippen LogP contribution in [0.15, 0.2) is 0 Å². The fourth-order valence-corrected chi connectivity index (χ4v) is 2.80. The Balaban J connectivity index is 2.00. The molecule has 0 saturated carbocycles. The minimum Gasteiger partial charge on any atom is -0.393 e. The zero-order valence-corrected chi connectivity index (χ0v) is 8.42. The van der Waals surface area contributed by atoms with E-state index in [2.05, 4.69) is 17.3 Å². The van der Waals surface area contributed by atoms with Gasteiger partial charge >= 0.3 is 0 Å². The number of aliphatic hydroxyl groups excluding tert-OH is 1. The molecule has 3 nitrogen and oxygen atoms in total. The summed E-state index contributed by atoms with van der Waals surface area (Å²) in [7, 11) is 2.17. The van der Waals surface area contributed by atoms with Crippen molar-refractivity contribution in [2.75, 3.05) is 26.7 Å². The Morgan fingerprint density at radius 2 is 2.38 bits per heavy atom. The lowest BCUT2D eigenvalue weighted by atomic mass is 9.81. The van der Waals surface area contributed by atoms with Gasteiger partial charge in [-0.15, -0.1) is 0 Å². The van der Waals surface area contributed by atoms with Gasteiger partial charge in [-0.05, 0) is 45.8 Å². The van der Waals surface area contributed by atoms with Gasteiger partial charge in [0, 0.05) is 12.1 Å². The van der Waals surface area contributed by atoms with Crippen LogP contribution in [0, 0.1) is 0 Å². The standard InChI is InChI=1S/C10H20N2O/c1-12-6-2-4-10(8-12)7-9(13)3-5-11-10/h9,11,13H,2-8H2,1H3. The highest BCUT2D eigenvalue weighted by Gasteiger charge is 2.37. The Kier molecular flexibility index (Phi) is 2.58. The average molecular weight is 184 g/mol. The monoisotopic (exact) mass is 184 g/mol. The molecule has 0 aromatic carbocycles. The lowest BCUT2D eigenvalue weighted by Crippen LogP contribution is -2.60. The van der Waals surface area contributed by atoms with Crippen molar-refractivity contribution in [3.05, 3.63) is 0 Å². The third-order valence-corrected chi connectivity index (χ3v) is 3.37. The zero-order chi connectivity index (χ0) is 9.31. The molecule has 0 radical (unpaired) electrons. The van der Waals surface area contributed by atoms with Crippen molar-refractivity contribution < 1.29 is 5.11 Å². The van der Waals surface area contributed by atoms with E-state index in [0.717, 1.165) is 25.9 Å². The molecular formula is C10H20N2O. The van der Waals surface area contributed by atoms with Crippen LogP contribution >= 0.6 is 0 Å².